The number of benzene rings is 2. The lowest BCUT2D eigenvalue weighted by Crippen LogP contribution is -2.23. The fourth-order valence-corrected chi connectivity index (χ4v) is 3.33. The van der Waals surface area contributed by atoms with Crippen LogP contribution in [0.25, 0.3) is 21.9 Å². The summed E-state index contributed by atoms with van der Waals surface area (Å²) in [5.74, 6) is -0.0141. The molecule has 5 nitrogen and oxygen atoms in total. The largest absolute Gasteiger partial charge is 0.479 e. The number of pyridine rings is 1. The summed E-state index contributed by atoms with van der Waals surface area (Å²) in [6.07, 6.45) is 1.68. The molecule has 0 bridgehead atoms. The number of ether oxygens (including phenoxy) is 1. The van der Waals surface area contributed by atoms with Gasteiger partial charge in [-0.1, -0.05) is 12.1 Å². The normalized spacial score (nSPS) is 13.1. The maximum atomic E-state index is 13.9. The van der Waals surface area contributed by atoms with E-state index in [0.717, 1.165) is 12.8 Å². The third-order valence-corrected chi connectivity index (χ3v) is 4.62. The predicted molar refractivity (Wildman–Crippen MR) is 97.7 cm³/mol. The highest BCUT2D eigenvalue weighted by atomic mass is 19.1. The SMILES string of the molecule is N#CCOc1ccc2c(=O)n(C3CC3)c(C#N)c(-c3cccc(F)c3)c2c1. The molecule has 0 spiro atoms. The maximum Gasteiger partial charge on any atom is 0.259 e. The van der Waals surface area contributed by atoms with E-state index in [0.29, 0.717) is 27.6 Å². The van der Waals surface area contributed by atoms with E-state index in [4.69, 9.17) is 10.00 Å². The zero-order valence-electron chi connectivity index (χ0n) is 14.3. The Morgan fingerprint density at radius 1 is 1.15 bits per heavy atom. The molecule has 0 atom stereocenters. The van der Waals surface area contributed by atoms with Gasteiger partial charge in [-0.3, -0.25) is 9.36 Å². The molecule has 1 aromatic heterocycles. The fraction of sp³-hybridized carbons (Fsp3) is 0.190. The van der Waals surface area contributed by atoms with Crippen LogP contribution in [0.15, 0.2) is 47.3 Å². The van der Waals surface area contributed by atoms with Gasteiger partial charge in [-0.2, -0.15) is 10.5 Å². The fourth-order valence-electron chi connectivity index (χ4n) is 3.33. The van der Waals surface area contributed by atoms with Crippen LogP contribution in [0.5, 0.6) is 5.75 Å². The third kappa shape index (κ3) is 2.92. The molecule has 4 rings (SSSR count). The lowest BCUT2D eigenvalue weighted by molar-refractivity contribution is 0.368. The average molecular weight is 359 g/mol. The Labute approximate surface area is 154 Å². The molecule has 1 heterocycles. The highest BCUT2D eigenvalue weighted by Crippen LogP contribution is 2.39. The van der Waals surface area contributed by atoms with Gasteiger partial charge in [0.05, 0.1) is 0 Å². The molecule has 1 aliphatic rings. The van der Waals surface area contributed by atoms with E-state index >= 15 is 0 Å². The van der Waals surface area contributed by atoms with E-state index in [9.17, 15) is 14.4 Å². The van der Waals surface area contributed by atoms with Crippen LogP contribution in [0.4, 0.5) is 4.39 Å². The Bertz CT molecular complexity index is 1200. The lowest BCUT2D eigenvalue weighted by Gasteiger charge is -2.16. The van der Waals surface area contributed by atoms with E-state index < -0.39 is 5.82 Å². The minimum atomic E-state index is -0.425. The van der Waals surface area contributed by atoms with Crippen molar-refractivity contribution in [3.05, 3.63) is 64.3 Å². The van der Waals surface area contributed by atoms with Gasteiger partial charge in [0.2, 0.25) is 0 Å². The van der Waals surface area contributed by atoms with Crippen LogP contribution in [0, 0.1) is 28.5 Å². The number of hydrogen-bond donors (Lipinski definition) is 0. The highest BCUT2D eigenvalue weighted by molar-refractivity contribution is 5.99. The molecule has 0 saturated heterocycles. The molecule has 27 heavy (non-hydrogen) atoms. The first-order valence-electron chi connectivity index (χ1n) is 8.52. The average Bonchev–Trinajstić information content (AvgIpc) is 3.50. The van der Waals surface area contributed by atoms with Crippen LogP contribution < -0.4 is 10.3 Å². The van der Waals surface area contributed by atoms with Crippen LogP contribution in [0.1, 0.15) is 24.6 Å². The molecule has 0 unspecified atom stereocenters. The second-order valence-corrected chi connectivity index (χ2v) is 6.41. The summed E-state index contributed by atoms with van der Waals surface area (Å²) in [7, 11) is 0. The molecule has 3 aromatic rings. The first-order valence-corrected chi connectivity index (χ1v) is 8.52. The Morgan fingerprint density at radius 3 is 2.63 bits per heavy atom. The summed E-state index contributed by atoms with van der Waals surface area (Å²) >= 11 is 0. The first-order chi connectivity index (χ1) is 13.1. The lowest BCUT2D eigenvalue weighted by atomic mass is 9.96. The number of nitriles is 2. The molecular formula is C21H14FN3O2. The summed E-state index contributed by atoms with van der Waals surface area (Å²) in [6, 6.07) is 14.9. The molecule has 1 aliphatic carbocycles. The zero-order chi connectivity index (χ0) is 19.0. The van der Waals surface area contributed by atoms with Crippen molar-refractivity contribution in [3.63, 3.8) is 0 Å². The number of nitrogens with zero attached hydrogens (tertiary/aromatic N) is 3. The van der Waals surface area contributed by atoms with Crippen molar-refractivity contribution in [1.29, 1.82) is 10.5 Å². The number of aromatic nitrogens is 1. The molecule has 132 valence electrons. The third-order valence-electron chi connectivity index (χ3n) is 4.62. The van der Waals surface area contributed by atoms with Gasteiger partial charge < -0.3 is 4.74 Å². The summed E-state index contributed by atoms with van der Waals surface area (Å²) < 4.78 is 20.8. The van der Waals surface area contributed by atoms with Crippen LogP contribution in [-0.2, 0) is 0 Å². The molecule has 0 amide bonds. The van der Waals surface area contributed by atoms with Gasteiger partial charge in [0.25, 0.3) is 5.56 Å². The Morgan fingerprint density at radius 2 is 1.96 bits per heavy atom. The molecule has 0 aliphatic heterocycles. The van der Waals surface area contributed by atoms with Crippen molar-refractivity contribution in [1.82, 2.24) is 4.57 Å². The van der Waals surface area contributed by atoms with Crippen molar-refractivity contribution in [3.8, 4) is 29.0 Å². The van der Waals surface area contributed by atoms with Crippen LogP contribution in [0.2, 0.25) is 0 Å². The summed E-state index contributed by atoms with van der Waals surface area (Å²) in [5, 5.41) is 19.5. The van der Waals surface area contributed by atoms with Crippen LogP contribution in [-0.4, -0.2) is 11.2 Å². The number of hydrogen-bond acceptors (Lipinski definition) is 4. The van der Waals surface area contributed by atoms with Crippen molar-refractivity contribution >= 4 is 10.8 Å². The van der Waals surface area contributed by atoms with Gasteiger partial charge in [-0.25, -0.2) is 4.39 Å². The summed E-state index contributed by atoms with van der Waals surface area (Å²) in [4.78, 5) is 13.0. The van der Waals surface area contributed by atoms with Crippen molar-refractivity contribution < 1.29 is 9.13 Å². The minimum Gasteiger partial charge on any atom is -0.479 e. The van der Waals surface area contributed by atoms with Gasteiger partial charge in [-0.15, -0.1) is 0 Å². The molecule has 0 radical (unpaired) electrons. The van der Waals surface area contributed by atoms with E-state index in [2.05, 4.69) is 6.07 Å². The second-order valence-electron chi connectivity index (χ2n) is 6.41. The standard InChI is InChI=1S/C21H14FN3O2/c22-14-3-1-2-13(10-14)20-18-11-16(27-9-8-23)6-7-17(18)21(26)25(15-4-5-15)19(20)12-24/h1-3,6-7,10-11,15H,4-5,9H2. The van der Waals surface area contributed by atoms with Crippen molar-refractivity contribution in [2.45, 2.75) is 18.9 Å². The van der Waals surface area contributed by atoms with Gasteiger partial charge in [-0.05, 0) is 48.7 Å². The molecule has 6 heteroatoms. The van der Waals surface area contributed by atoms with E-state index in [1.54, 1.807) is 30.3 Å². The maximum absolute atomic E-state index is 13.9. The monoisotopic (exact) mass is 359 g/mol. The Balaban J connectivity index is 2.10. The molecule has 1 fully saturated rings. The Hall–Kier alpha value is -3.64. The summed E-state index contributed by atoms with van der Waals surface area (Å²) in [5.41, 5.74) is 0.998. The van der Waals surface area contributed by atoms with Crippen LogP contribution >= 0.6 is 0 Å². The van der Waals surface area contributed by atoms with Gasteiger partial charge in [0.1, 0.15) is 29.4 Å². The van der Waals surface area contributed by atoms with Crippen molar-refractivity contribution in [2.24, 2.45) is 0 Å². The van der Waals surface area contributed by atoms with E-state index in [-0.39, 0.29) is 23.9 Å². The van der Waals surface area contributed by atoms with Crippen molar-refractivity contribution in [2.75, 3.05) is 6.61 Å². The molecule has 0 N–H and O–H groups in total. The van der Waals surface area contributed by atoms with Crippen LogP contribution in [0.3, 0.4) is 0 Å². The van der Waals surface area contributed by atoms with Gasteiger partial charge in [0, 0.05) is 22.4 Å². The zero-order valence-corrected chi connectivity index (χ0v) is 14.3. The second kappa shape index (κ2) is 6.59. The van der Waals surface area contributed by atoms with E-state index in [1.165, 1.54) is 16.7 Å². The predicted octanol–water partition coefficient (Wildman–Crippen LogP) is 3.92. The quantitative estimate of drug-likeness (QED) is 0.707. The van der Waals surface area contributed by atoms with Gasteiger partial charge in [0.15, 0.2) is 6.61 Å². The number of fused-ring (bicyclic) bond motifs is 1. The molecular weight excluding hydrogens is 345 g/mol. The minimum absolute atomic E-state index is 0.00150. The smallest absolute Gasteiger partial charge is 0.259 e. The topological polar surface area (TPSA) is 78.8 Å². The Kier molecular flexibility index (Phi) is 4.10. The molecule has 1 saturated carbocycles. The number of halogens is 1. The van der Waals surface area contributed by atoms with E-state index in [1.807, 2.05) is 6.07 Å². The first kappa shape index (κ1) is 16.8. The summed E-state index contributed by atoms with van der Waals surface area (Å²) in [6.45, 7) is -0.134. The number of rotatable bonds is 4. The molecule has 2 aromatic carbocycles. The van der Waals surface area contributed by atoms with Gasteiger partial charge >= 0.3 is 0 Å². The highest BCUT2D eigenvalue weighted by Gasteiger charge is 2.30.